The molecule has 0 saturated heterocycles. The second-order valence-corrected chi connectivity index (χ2v) is 14.2. The summed E-state index contributed by atoms with van der Waals surface area (Å²) < 4.78 is 0. The molecule has 0 saturated carbocycles. The molecule has 4 unspecified atom stereocenters. The highest BCUT2D eigenvalue weighted by Crippen LogP contribution is 2.33. The van der Waals surface area contributed by atoms with Gasteiger partial charge in [0.25, 0.3) is 0 Å². The van der Waals surface area contributed by atoms with Gasteiger partial charge in [0.15, 0.2) is 0 Å². The number of hydrogen-bond acceptors (Lipinski definition) is 3. The van der Waals surface area contributed by atoms with E-state index in [1.165, 1.54) is 148 Å². The van der Waals surface area contributed by atoms with E-state index in [0.717, 1.165) is 32.1 Å². The molecule has 0 radical (unpaired) electrons. The Morgan fingerprint density at radius 2 is 0.750 bits per heavy atom. The van der Waals surface area contributed by atoms with E-state index < -0.39 is 11.6 Å². The van der Waals surface area contributed by atoms with Crippen molar-refractivity contribution >= 4 is 0 Å². The van der Waals surface area contributed by atoms with Crippen molar-refractivity contribution in [2.75, 3.05) is 0 Å². The first-order chi connectivity index (χ1) is 19.2. The van der Waals surface area contributed by atoms with Crippen molar-refractivity contribution < 1.29 is 5.11 Å². The molecular formula is C37H78N2O. The van der Waals surface area contributed by atoms with Crippen molar-refractivity contribution in [2.45, 2.75) is 232 Å². The molecule has 3 heteroatoms. The van der Waals surface area contributed by atoms with Crippen LogP contribution >= 0.6 is 0 Å². The summed E-state index contributed by atoms with van der Waals surface area (Å²) in [6, 6.07) is 0. The number of rotatable bonds is 31. The van der Waals surface area contributed by atoms with Crippen LogP contribution in [0.3, 0.4) is 0 Å². The smallest absolute Gasteiger partial charge is 0.0720 e. The van der Waals surface area contributed by atoms with Gasteiger partial charge in [-0.25, -0.2) is 0 Å². The summed E-state index contributed by atoms with van der Waals surface area (Å²) in [6.07, 6.45) is 35.2. The fourth-order valence-corrected chi connectivity index (χ4v) is 6.43. The van der Waals surface area contributed by atoms with E-state index >= 15 is 0 Å². The Labute approximate surface area is 253 Å². The van der Waals surface area contributed by atoms with Gasteiger partial charge in [0.05, 0.1) is 6.10 Å². The SMILES string of the molecule is CCCCCCCCCCC(CC(O)C(C)(N)CCCCCCCCCC)C(C)(N)CCCCCCCCCC. The van der Waals surface area contributed by atoms with Gasteiger partial charge in [0.1, 0.15) is 0 Å². The molecule has 0 aliphatic rings. The molecule has 242 valence electrons. The minimum atomic E-state index is -0.520. The molecule has 40 heavy (non-hydrogen) atoms. The molecule has 3 nitrogen and oxygen atoms in total. The van der Waals surface area contributed by atoms with Crippen LogP contribution in [0.2, 0.25) is 0 Å². The van der Waals surface area contributed by atoms with Crippen molar-refractivity contribution in [2.24, 2.45) is 17.4 Å². The van der Waals surface area contributed by atoms with Crippen molar-refractivity contribution in [1.82, 2.24) is 0 Å². The van der Waals surface area contributed by atoms with E-state index in [9.17, 15) is 5.11 Å². The highest BCUT2D eigenvalue weighted by molar-refractivity contribution is 4.94. The molecule has 0 aromatic rings. The third-order valence-electron chi connectivity index (χ3n) is 9.75. The third-order valence-corrected chi connectivity index (χ3v) is 9.75. The summed E-state index contributed by atoms with van der Waals surface area (Å²) >= 11 is 0. The molecule has 0 bridgehead atoms. The van der Waals surface area contributed by atoms with Gasteiger partial charge in [0.2, 0.25) is 0 Å². The lowest BCUT2D eigenvalue weighted by atomic mass is 9.73. The Balaban J connectivity index is 4.71. The van der Waals surface area contributed by atoms with E-state index in [1.807, 2.05) is 0 Å². The van der Waals surface area contributed by atoms with Gasteiger partial charge >= 0.3 is 0 Å². The zero-order valence-electron chi connectivity index (χ0n) is 28.6. The van der Waals surface area contributed by atoms with Crippen LogP contribution in [0.5, 0.6) is 0 Å². The topological polar surface area (TPSA) is 72.3 Å². The summed E-state index contributed by atoms with van der Waals surface area (Å²) in [5.41, 5.74) is 13.1. The molecule has 4 atom stereocenters. The monoisotopic (exact) mass is 567 g/mol. The highest BCUT2D eigenvalue weighted by Gasteiger charge is 2.36. The van der Waals surface area contributed by atoms with Gasteiger partial charge in [-0.15, -0.1) is 0 Å². The van der Waals surface area contributed by atoms with Crippen LogP contribution in [0.15, 0.2) is 0 Å². The lowest BCUT2D eigenvalue weighted by molar-refractivity contribution is 0.0458. The largest absolute Gasteiger partial charge is 0.391 e. The van der Waals surface area contributed by atoms with Crippen molar-refractivity contribution in [3.63, 3.8) is 0 Å². The first kappa shape index (κ1) is 39.9. The summed E-state index contributed by atoms with van der Waals surface area (Å²) in [5.74, 6) is 0.341. The molecule has 0 amide bonds. The second kappa shape index (κ2) is 26.5. The van der Waals surface area contributed by atoms with E-state index in [0.29, 0.717) is 5.92 Å². The van der Waals surface area contributed by atoms with E-state index in [1.54, 1.807) is 0 Å². The van der Waals surface area contributed by atoms with Crippen LogP contribution in [-0.2, 0) is 0 Å². The predicted molar refractivity (Wildman–Crippen MR) is 181 cm³/mol. The maximum absolute atomic E-state index is 11.4. The average molecular weight is 567 g/mol. The fourth-order valence-electron chi connectivity index (χ4n) is 6.43. The Morgan fingerprint density at radius 3 is 1.12 bits per heavy atom. The first-order valence-corrected chi connectivity index (χ1v) is 18.5. The van der Waals surface area contributed by atoms with E-state index in [4.69, 9.17) is 11.5 Å². The summed E-state index contributed by atoms with van der Waals surface area (Å²) in [7, 11) is 0. The van der Waals surface area contributed by atoms with Crippen molar-refractivity contribution in [3.05, 3.63) is 0 Å². The Kier molecular flexibility index (Phi) is 26.4. The maximum atomic E-state index is 11.4. The summed E-state index contributed by atoms with van der Waals surface area (Å²) in [6.45, 7) is 11.2. The average Bonchev–Trinajstić information content (AvgIpc) is 2.92. The van der Waals surface area contributed by atoms with Gasteiger partial charge in [0, 0.05) is 11.1 Å². The minimum Gasteiger partial charge on any atom is -0.391 e. The number of aliphatic hydroxyl groups is 1. The lowest BCUT2D eigenvalue weighted by Crippen LogP contribution is -2.52. The number of aliphatic hydroxyl groups excluding tert-OH is 1. The molecule has 0 rings (SSSR count). The first-order valence-electron chi connectivity index (χ1n) is 18.5. The lowest BCUT2D eigenvalue weighted by Gasteiger charge is -2.39. The predicted octanol–water partition coefficient (Wildman–Crippen LogP) is 11.4. The Hall–Kier alpha value is -0.120. The van der Waals surface area contributed by atoms with Crippen LogP contribution in [0.4, 0.5) is 0 Å². The van der Waals surface area contributed by atoms with Gasteiger partial charge in [-0.2, -0.15) is 0 Å². The summed E-state index contributed by atoms with van der Waals surface area (Å²) in [5, 5.41) is 11.4. The maximum Gasteiger partial charge on any atom is 0.0720 e. The standard InChI is InChI=1S/C37H78N2O/c1-6-9-12-15-18-21-24-27-30-34(36(4,38)31-28-25-22-19-16-13-10-7-2)33-35(40)37(5,39)32-29-26-23-20-17-14-11-8-3/h34-35,40H,6-33,38-39H2,1-5H3. The quantitative estimate of drug-likeness (QED) is 0.0730. The molecule has 0 aliphatic heterocycles. The van der Waals surface area contributed by atoms with Gasteiger partial charge in [-0.05, 0) is 45.4 Å². The van der Waals surface area contributed by atoms with E-state index in [-0.39, 0.29) is 5.54 Å². The van der Waals surface area contributed by atoms with Gasteiger partial charge in [-0.3, -0.25) is 0 Å². The van der Waals surface area contributed by atoms with Gasteiger partial charge in [-0.1, -0.05) is 175 Å². The molecule has 0 spiro atoms. The van der Waals surface area contributed by atoms with Gasteiger partial charge < -0.3 is 16.6 Å². The number of unbranched alkanes of at least 4 members (excludes halogenated alkanes) is 21. The normalized spacial score (nSPS) is 16.5. The second-order valence-electron chi connectivity index (χ2n) is 14.2. The molecule has 0 aromatic carbocycles. The zero-order valence-corrected chi connectivity index (χ0v) is 28.6. The zero-order chi connectivity index (χ0) is 30.0. The molecule has 0 fully saturated rings. The molecule has 0 aromatic heterocycles. The van der Waals surface area contributed by atoms with Crippen LogP contribution in [0.25, 0.3) is 0 Å². The van der Waals surface area contributed by atoms with Crippen molar-refractivity contribution in [1.29, 1.82) is 0 Å². The van der Waals surface area contributed by atoms with E-state index in [2.05, 4.69) is 34.6 Å². The fraction of sp³-hybridized carbons (Fsp3) is 1.00. The molecule has 0 heterocycles. The highest BCUT2D eigenvalue weighted by atomic mass is 16.3. The number of nitrogens with two attached hydrogens (primary N) is 2. The molecule has 5 N–H and O–H groups in total. The van der Waals surface area contributed by atoms with Crippen LogP contribution in [0.1, 0.15) is 214 Å². The summed E-state index contributed by atoms with van der Waals surface area (Å²) in [4.78, 5) is 0. The number of hydrogen-bond donors (Lipinski definition) is 3. The molecule has 0 aliphatic carbocycles. The Bertz CT molecular complexity index is 518. The minimum absolute atomic E-state index is 0.223. The van der Waals surface area contributed by atoms with Crippen LogP contribution in [-0.4, -0.2) is 22.3 Å². The third kappa shape index (κ3) is 22.5. The van der Waals surface area contributed by atoms with Crippen LogP contribution < -0.4 is 11.5 Å². The van der Waals surface area contributed by atoms with Crippen LogP contribution in [0, 0.1) is 5.92 Å². The Morgan fingerprint density at radius 1 is 0.450 bits per heavy atom. The molecular weight excluding hydrogens is 488 g/mol. The van der Waals surface area contributed by atoms with Crippen molar-refractivity contribution in [3.8, 4) is 0 Å².